The molecule has 84 valence electrons. The summed E-state index contributed by atoms with van der Waals surface area (Å²) in [5, 5.41) is 22.1. The number of rotatable bonds is 1. The molecule has 4 heteroatoms. The molecule has 4 nitrogen and oxygen atoms in total. The Kier molecular flexibility index (Phi) is 2.66. The van der Waals surface area contributed by atoms with Gasteiger partial charge in [0.2, 0.25) is 11.9 Å². The van der Waals surface area contributed by atoms with Crippen molar-refractivity contribution >= 4 is 5.70 Å². The van der Waals surface area contributed by atoms with Crippen molar-refractivity contribution < 1.29 is 14.8 Å². The summed E-state index contributed by atoms with van der Waals surface area (Å²) in [6.07, 6.45) is 2.83. The first-order valence-corrected chi connectivity index (χ1v) is 5.13. The second kappa shape index (κ2) is 3.98. The summed E-state index contributed by atoms with van der Waals surface area (Å²) in [5.41, 5.74) is 2.35. The third-order valence-corrected chi connectivity index (χ3v) is 2.83. The van der Waals surface area contributed by atoms with Gasteiger partial charge < -0.3 is 15.5 Å². The summed E-state index contributed by atoms with van der Waals surface area (Å²) in [4.78, 5) is 0. The number of aromatic nitrogens is 1. The summed E-state index contributed by atoms with van der Waals surface area (Å²) in [5.74, 6) is 0.0327. The fourth-order valence-electron chi connectivity index (χ4n) is 1.78. The van der Waals surface area contributed by atoms with Crippen LogP contribution in [-0.4, -0.2) is 16.4 Å². The van der Waals surface area contributed by atoms with Gasteiger partial charge in [0.1, 0.15) is 0 Å². The molecule has 0 spiro atoms. The second-order valence-electron chi connectivity index (χ2n) is 3.81. The van der Waals surface area contributed by atoms with Crippen LogP contribution in [0.25, 0.3) is 5.70 Å². The minimum atomic E-state index is -0.893. The highest BCUT2D eigenvalue weighted by molar-refractivity contribution is 5.55. The number of aliphatic hydroxyl groups is 2. The molecule has 0 amide bonds. The molecule has 2 heterocycles. The number of hydrogen-bond acceptors (Lipinski definition) is 3. The average molecular weight is 219 g/mol. The van der Waals surface area contributed by atoms with Gasteiger partial charge in [0.15, 0.2) is 18.3 Å². The van der Waals surface area contributed by atoms with Crippen molar-refractivity contribution in [2.75, 3.05) is 0 Å². The van der Waals surface area contributed by atoms with Gasteiger partial charge in [-0.2, -0.15) is 4.57 Å². The predicted octanol–water partition coefficient (Wildman–Crippen LogP) is 0.916. The molecule has 1 atom stereocenters. The lowest BCUT2D eigenvalue weighted by Crippen LogP contribution is -2.46. The van der Waals surface area contributed by atoms with Crippen LogP contribution in [0.3, 0.4) is 0 Å². The molecule has 0 saturated carbocycles. The van der Waals surface area contributed by atoms with Crippen LogP contribution in [0, 0.1) is 0 Å². The first-order valence-electron chi connectivity index (χ1n) is 5.13. The number of pyridine rings is 1. The van der Waals surface area contributed by atoms with Crippen molar-refractivity contribution in [2.24, 2.45) is 0 Å². The van der Waals surface area contributed by atoms with Crippen LogP contribution in [0.5, 0.6) is 0 Å². The lowest BCUT2D eigenvalue weighted by atomic mass is 10.0. The summed E-state index contributed by atoms with van der Waals surface area (Å²) in [7, 11) is 0. The number of aliphatic hydroxyl groups excluding tert-OH is 2. The molecule has 0 bridgehead atoms. The van der Waals surface area contributed by atoms with Crippen molar-refractivity contribution in [1.29, 1.82) is 0 Å². The normalized spacial score (nSPS) is 21.1. The van der Waals surface area contributed by atoms with E-state index in [0.29, 0.717) is 0 Å². The Morgan fingerprint density at radius 3 is 2.38 bits per heavy atom. The van der Waals surface area contributed by atoms with Gasteiger partial charge in [-0.1, -0.05) is 6.07 Å². The van der Waals surface area contributed by atoms with Crippen LogP contribution in [0.15, 0.2) is 47.6 Å². The van der Waals surface area contributed by atoms with E-state index in [9.17, 15) is 10.2 Å². The van der Waals surface area contributed by atoms with Crippen LogP contribution in [0.4, 0.5) is 0 Å². The lowest BCUT2D eigenvalue weighted by molar-refractivity contribution is -0.588. The van der Waals surface area contributed by atoms with Crippen LogP contribution < -0.4 is 9.88 Å². The second-order valence-corrected chi connectivity index (χ2v) is 3.81. The zero-order chi connectivity index (χ0) is 11.7. The molecule has 1 aromatic rings. The minimum Gasteiger partial charge on any atom is -0.495 e. The van der Waals surface area contributed by atoms with Gasteiger partial charge in [-0.15, -0.1) is 0 Å². The van der Waals surface area contributed by atoms with Gasteiger partial charge in [-0.3, -0.25) is 0 Å². The predicted molar refractivity (Wildman–Crippen MR) is 60.0 cm³/mol. The topological polar surface area (TPSA) is 56.4 Å². The van der Waals surface area contributed by atoms with E-state index in [1.807, 2.05) is 49.0 Å². The quantitative estimate of drug-likeness (QED) is 0.615. The summed E-state index contributed by atoms with van der Waals surface area (Å²) >= 11 is 0. The van der Waals surface area contributed by atoms with Crippen molar-refractivity contribution in [3.63, 3.8) is 0 Å². The first kappa shape index (κ1) is 10.7. The van der Waals surface area contributed by atoms with Crippen molar-refractivity contribution in [2.45, 2.75) is 20.1 Å². The summed E-state index contributed by atoms with van der Waals surface area (Å²) in [6.45, 7) is 3.69. The molecule has 1 aromatic heterocycles. The molecule has 0 radical (unpaired) electrons. The van der Waals surface area contributed by atoms with Gasteiger partial charge >= 0.3 is 0 Å². The molecule has 2 rings (SSSR count). The highest BCUT2D eigenvalue weighted by Crippen LogP contribution is 2.22. The Morgan fingerprint density at radius 1 is 1.12 bits per heavy atom. The van der Waals surface area contributed by atoms with E-state index in [1.54, 1.807) is 0 Å². The van der Waals surface area contributed by atoms with Crippen LogP contribution in [0.2, 0.25) is 0 Å². The Hall–Kier alpha value is -1.81. The van der Waals surface area contributed by atoms with E-state index >= 15 is 0 Å². The molecule has 1 unspecified atom stereocenters. The third-order valence-electron chi connectivity index (χ3n) is 2.83. The molecule has 1 aliphatic heterocycles. The molecule has 0 saturated heterocycles. The molecule has 1 aliphatic rings. The maximum atomic E-state index is 9.90. The molecular formula is C12H15N2O2+. The smallest absolute Gasteiger partial charge is 0.239 e. The summed E-state index contributed by atoms with van der Waals surface area (Å²) < 4.78 is 1.84. The molecule has 3 N–H and O–H groups in total. The number of hydrogen-bond donors (Lipinski definition) is 3. The highest BCUT2D eigenvalue weighted by atomic mass is 16.3. The standard InChI is InChI=1S/C12H14N2O2/c1-8-9(2)11(15)13-12(16)10(8)14-6-4-3-5-7-14/h3-7,12-13,16H,1-2H3/p+1. The molecular weight excluding hydrogens is 204 g/mol. The van der Waals surface area contributed by atoms with Gasteiger partial charge in [0.05, 0.1) is 0 Å². The van der Waals surface area contributed by atoms with Crippen LogP contribution >= 0.6 is 0 Å². The molecule has 0 fully saturated rings. The zero-order valence-electron chi connectivity index (χ0n) is 9.31. The van der Waals surface area contributed by atoms with Crippen molar-refractivity contribution in [3.05, 3.63) is 47.6 Å². The number of nitrogens with one attached hydrogen (secondary N) is 1. The van der Waals surface area contributed by atoms with Crippen LogP contribution in [0.1, 0.15) is 13.8 Å². The fraction of sp³-hybridized carbons (Fsp3) is 0.250. The van der Waals surface area contributed by atoms with Gasteiger partial charge in [-0.25, -0.2) is 0 Å². The van der Waals surface area contributed by atoms with E-state index < -0.39 is 6.23 Å². The number of allylic oxidation sites excluding steroid dienone is 2. The average Bonchev–Trinajstić information content (AvgIpc) is 2.28. The van der Waals surface area contributed by atoms with Gasteiger partial charge in [0.25, 0.3) is 0 Å². The molecule has 16 heavy (non-hydrogen) atoms. The summed E-state index contributed by atoms with van der Waals surface area (Å²) in [6, 6.07) is 5.69. The highest BCUT2D eigenvalue weighted by Gasteiger charge is 2.29. The minimum absolute atomic E-state index is 0.0327. The van der Waals surface area contributed by atoms with Gasteiger partial charge in [-0.05, 0) is 13.8 Å². The fourth-order valence-corrected chi connectivity index (χ4v) is 1.78. The Bertz CT molecular complexity index is 463. The molecule has 0 aromatic carbocycles. The van der Waals surface area contributed by atoms with E-state index in [-0.39, 0.29) is 5.88 Å². The van der Waals surface area contributed by atoms with E-state index in [4.69, 9.17) is 0 Å². The Balaban J connectivity index is 2.55. The van der Waals surface area contributed by atoms with Crippen LogP contribution in [-0.2, 0) is 0 Å². The zero-order valence-corrected chi connectivity index (χ0v) is 9.31. The number of nitrogens with zero attached hydrogens (tertiary/aromatic N) is 1. The molecule has 0 aliphatic carbocycles. The lowest BCUT2D eigenvalue weighted by Gasteiger charge is -2.21. The first-order chi connectivity index (χ1) is 7.61. The van der Waals surface area contributed by atoms with Crippen molar-refractivity contribution in [3.8, 4) is 0 Å². The van der Waals surface area contributed by atoms with Crippen molar-refractivity contribution in [1.82, 2.24) is 5.32 Å². The monoisotopic (exact) mass is 219 g/mol. The Morgan fingerprint density at radius 2 is 1.75 bits per heavy atom. The maximum absolute atomic E-state index is 9.90. The van der Waals surface area contributed by atoms with E-state index in [1.165, 1.54) is 0 Å². The third kappa shape index (κ3) is 1.67. The van der Waals surface area contributed by atoms with E-state index in [2.05, 4.69) is 5.32 Å². The number of dihydropyridines is 1. The maximum Gasteiger partial charge on any atom is 0.239 e. The Labute approximate surface area is 94.2 Å². The largest absolute Gasteiger partial charge is 0.495 e. The SMILES string of the molecule is CC1=C(O)NC(O)C([n+]2ccccc2)=C1C. The van der Waals surface area contributed by atoms with Gasteiger partial charge in [0, 0.05) is 23.3 Å². The van der Waals surface area contributed by atoms with E-state index in [0.717, 1.165) is 16.8 Å².